The molecule has 0 atom stereocenters. The Bertz CT molecular complexity index is 1660. The molecule has 0 amide bonds. The van der Waals surface area contributed by atoms with Crippen molar-refractivity contribution in [1.29, 1.82) is 0 Å². The molecule has 6 aromatic rings. The number of carbonyl (C=O) groups is 2. The van der Waals surface area contributed by atoms with Gasteiger partial charge in [-0.05, 0) is 83.9 Å². The summed E-state index contributed by atoms with van der Waals surface area (Å²) in [6.07, 6.45) is 1.74. The van der Waals surface area contributed by atoms with E-state index in [1.807, 2.05) is 84.9 Å². The van der Waals surface area contributed by atoms with Gasteiger partial charge in [0.05, 0.1) is 0 Å². The summed E-state index contributed by atoms with van der Waals surface area (Å²) in [7, 11) is 0. The van der Waals surface area contributed by atoms with Crippen molar-refractivity contribution in [2.45, 2.75) is 0 Å². The Morgan fingerprint density at radius 2 is 0.667 bits per heavy atom. The molecular weight excluding hydrogens is 516 g/mol. The van der Waals surface area contributed by atoms with Crippen LogP contribution in [0.1, 0.15) is 20.7 Å². The third-order valence-corrected chi connectivity index (χ3v) is 7.14. The SMILES string of the molecule is O=Cc1cccc(N(c2ccccc2)c2ccc(-c3ccc(N(c4ccccc4)c4cccc(C=O)c4)cc3)cc2)c1. The summed E-state index contributed by atoms with van der Waals surface area (Å²) in [5.74, 6) is 0. The van der Waals surface area contributed by atoms with Gasteiger partial charge in [-0.15, -0.1) is 0 Å². The molecule has 42 heavy (non-hydrogen) atoms. The average molecular weight is 545 g/mol. The summed E-state index contributed by atoms with van der Waals surface area (Å²) in [5, 5.41) is 0. The Morgan fingerprint density at radius 3 is 1.02 bits per heavy atom. The van der Waals surface area contributed by atoms with Crippen molar-refractivity contribution < 1.29 is 9.59 Å². The molecule has 0 saturated heterocycles. The van der Waals surface area contributed by atoms with E-state index in [4.69, 9.17) is 0 Å². The molecule has 0 radical (unpaired) electrons. The van der Waals surface area contributed by atoms with Gasteiger partial charge in [0.1, 0.15) is 12.6 Å². The minimum Gasteiger partial charge on any atom is -0.310 e. The van der Waals surface area contributed by atoms with E-state index in [1.54, 1.807) is 0 Å². The summed E-state index contributed by atoms with van der Waals surface area (Å²) in [6.45, 7) is 0. The monoisotopic (exact) mass is 544 g/mol. The van der Waals surface area contributed by atoms with E-state index >= 15 is 0 Å². The predicted octanol–water partition coefficient (Wildman–Crippen LogP) is 9.92. The molecule has 4 heteroatoms. The van der Waals surface area contributed by atoms with E-state index in [-0.39, 0.29) is 0 Å². The number of benzene rings is 6. The zero-order valence-corrected chi connectivity index (χ0v) is 22.9. The third kappa shape index (κ3) is 5.60. The highest BCUT2D eigenvalue weighted by atomic mass is 16.1. The van der Waals surface area contributed by atoms with Crippen molar-refractivity contribution in [3.05, 3.63) is 169 Å². The van der Waals surface area contributed by atoms with Crippen LogP contribution in [0.15, 0.2) is 158 Å². The highest BCUT2D eigenvalue weighted by Crippen LogP contribution is 2.38. The van der Waals surface area contributed by atoms with Gasteiger partial charge in [0.15, 0.2) is 0 Å². The number of hydrogen-bond acceptors (Lipinski definition) is 4. The number of hydrogen-bond donors (Lipinski definition) is 0. The molecule has 0 aromatic heterocycles. The fourth-order valence-electron chi connectivity index (χ4n) is 5.13. The molecule has 0 saturated carbocycles. The smallest absolute Gasteiger partial charge is 0.150 e. The molecule has 4 nitrogen and oxygen atoms in total. The van der Waals surface area contributed by atoms with Crippen LogP contribution in [0.5, 0.6) is 0 Å². The van der Waals surface area contributed by atoms with Crippen LogP contribution in [0.2, 0.25) is 0 Å². The van der Waals surface area contributed by atoms with Crippen molar-refractivity contribution in [2.24, 2.45) is 0 Å². The number of para-hydroxylation sites is 2. The van der Waals surface area contributed by atoms with Crippen molar-refractivity contribution in [2.75, 3.05) is 9.80 Å². The van der Waals surface area contributed by atoms with Crippen molar-refractivity contribution in [3.63, 3.8) is 0 Å². The minimum atomic E-state index is 0.632. The second-order valence-electron chi connectivity index (χ2n) is 9.86. The summed E-state index contributed by atoms with van der Waals surface area (Å²) < 4.78 is 0. The topological polar surface area (TPSA) is 40.6 Å². The number of aldehydes is 2. The highest BCUT2D eigenvalue weighted by Gasteiger charge is 2.15. The van der Waals surface area contributed by atoms with E-state index in [2.05, 4.69) is 82.6 Å². The molecule has 0 unspecified atom stereocenters. The molecule has 0 heterocycles. The molecule has 0 aliphatic heterocycles. The van der Waals surface area contributed by atoms with Gasteiger partial charge >= 0.3 is 0 Å². The number of nitrogens with zero attached hydrogens (tertiary/aromatic N) is 2. The lowest BCUT2D eigenvalue weighted by Gasteiger charge is -2.26. The van der Waals surface area contributed by atoms with Crippen molar-refractivity contribution in [1.82, 2.24) is 0 Å². The first-order valence-electron chi connectivity index (χ1n) is 13.7. The maximum absolute atomic E-state index is 11.5. The second kappa shape index (κ2) is 12.2. The number of carbonyl (C=O) groups excluding carboxylic acids is 2. The lowest BCUT2D eigenvalue weighted by atomic mass is 10.0. The largest absolute Gasteiger partial charge is 0.310 e. The normalized spacial score (nSPS) is 10.6. The van der Waals surface area contributed by atoms with Crippen LogP contribution in [-0.4, -0.2) is 12.6 Å². The van der Waals surface area contributed by atoms with Crippen LogP contribution in [0.3, 0.4) is 0 Å². The van der Waals surface area contributed by atoms with Crippen LogP contribution in [0, 0.1) is 0 Å². The highest BCUT2D eigenvalue weighted by molar-refractivity contribution is 5.84. The van der Waals surface area contributed by atoms with Gasteiger partial charge in [0.25, 0.3) is 0 Å². The van der Waals surface area contributed by atoms with Gasteiger partial charge in [-0.25, -0.2) is 0 Å². The maximum atomic E-state index is 11.5. The van der Waals surface area contributed by atoms with E-state index < -0.39 is 0 Å². The lowest BCUT2D eigenvalue weighted by molar-refractivity contribution is 0.111. The van der Waals surface area contributed by atoms with Crippen LogP contribution in [0.4, 0.5) is 34.1 Å². The summed E-state index contributed by atoms with van der Waals surface area (Å²) >= 11 is 0. The average Bonchev–Trinajstić information content (AvgIpc) is 3.07. The third-order valence-electron chi connectivity index (χ3n) is 7.14. The molecule has 0 N–H and O–H groups in total. The molecule has 0 bridgehead atoms. The Morgan fingerprint density at radius 1 is 0.333 bits per heavy atom. The van der Waals surface area contributed by atoms with Gasteiger partial charge in [-0.2, -0.15) is 0 Å². The minimum absolute atomic E-state index is 0.632. The summed E-state index contributed by atoms with van der Waals surface area (Å²) in [5.41, 5.74) is 9.30. The first-order chi connectivity index (χ1) is 20.7. The van der Waals surface area contributed by atoms with Gasteiger partial charge in [0.2, 0.25) is 0 Å². The molecule has 6 rings (SSSR count). The Labute approximate surface area is 245 Å². The van der Waals surface area contributed by atoms with Gasteiger partial charge < -0.3 is 9.80 Å². The van der Waals surface area contributed by atoms with E-state index in [0.717, 1.165) is 57.8 Å². The maximum Gasteiger partial charge on any atom is 0.150 e. The predicted molar refractivity (Wildman–Crippen MR) is 172 cm³/mol. The van der Waals surface area contributed by atoms with Crippen LogP contribution in [0.25, 0.3) is 11.1 Å². The second-order valence-corrected chi connectivity index (χ2v) is 9.86. The quantitative estimate of drug-likeness (QED) is 0.170. The standard InChI is InChI=1S/C38H28N2O2/c41-27-29-9-7-15-37(25-29)39(33-11-3-1-4-12-33)35-21-17-31(18-22-35)32-19-23-36(24-20-32)40(34-13-5-2-6-14-34)38-16-8-10-30(26-38)28-42/h1-28H. The van der Waals surface area contributed by atoms with Gasteiger partial charge in [-0.3, -0.25) is 9.59 Å². The van der Waals surface area contributed by atoms with Crippen molar-refractivity contribution in [3.8, 4) is 11.1 Å². The molecule has 0 spiro atoms. The van der Waals surface area contributed by atoms with Crippen LogP contribution < -0.4 is 9.80 Å². The van der Waals surface area contributed by atoms with Crippen LogP contribution >= 0.6 is 0 Å². The number of anilines is 6. The fraction of sp³-hybridized carbons (Fsp3) is 0. The molecule has 0 aliphatic rings. The van der Waals surface area contributed by atoms with Gasteiger partial charge in [0, 0.05) is 45.3 Å². The van der Waals surface area contributed by atoms with Gasteiger partial charge in [-0.1, -0.05) is 84.9 Å². The zero-order valence-electron chi connectivity index (χ0n) is 22.9. The Hall–Kier alpha value is -5.74. The van der Waals surface area contributed by atoms with Crippen molar-refractivity contribution >= 4 is 46.7 Å². The zero-order chi connectivity index (χ0) is 28.7. The van der Waals surface area contributed by atoms with E-state index in [9.17, 15) is 9.59 Å². The molecule has 6 aromatic carbocycles. The first kappa shape index (κ1) is 26.5. The molecule has 202 valence electrons. The lowest BCUT2D eigenvalue weighted by Crippen LogP contribution is -2.10. The number of rotatable bonds is 9. The van der Waals surface area contributed by atoms with E-state index in [1.165, 1.54) is 0 Å². The van der Waals surface area contributed by atoms with E-state index in [0.29, 0.717) is 11.1 Å². The Balaban J connectivity index is 1.33. The molecular formula is C38H28N2O2. The molecule has 0 fully saturated rings. The Kier molecular flexibility index (Phi) is 7.69. The first-order valence-corrected chi connectivity index (χ1v) is 13.7. The molecule has 0 aliphatic carbocycles. The van der Waals surface area contributed by atoms with Crippen LogP contribution in [-0.2, 0) is 0 Å². The fourth-order valence-corrected chi connectivity index (χ4v) is 5.13. The summed E-state index contributed by atoms with van der Waals surface area (Å²) in [6, 6.07) is 52.4. The summed E-state index contributed by atoms with van der Waals surface area (Å²) in [4.78, 5) is 27.2.